The van der Waals surface area contributed by atoms with E-state index in [1.165, 1.54) is 0 Å². The average Bonchev–Trinajstić information content (AvgIpc) is 2.03. The minimum Gasteiger partial charge on any atom is -0.359 e. The lowest BCUT2D eigenvalue weighted by molar-refractivity contribution is -0.0315. The molecule has 0 atom stereocenters. The van der Waals surface area contributed by atoms with E-state index in [0.29, 0.717) is 6.79 Å². The molecule has 0 saturated carbocycles. The lowest BCUT2D eigenvalue weighted by Gasteiger charge is -2.00. The summed E-state index contributed by atoms with van der Waals surface area (Å²) in [7, 11) is 1.62. The van der Waals surface area contributed by atoms with Crippen LogP contribution in [-0.2, 0) is 9.47 Å². The Kier molecular flexibility index (Phi) is 9.03. The van der Waals surface area contributed by atoms with Gasteiger partial charge >= 0.3 is 0 Å². The zero-order valence-corrected chi connectivity index (χ0v) is 7.14. The highest BCUT2D eigenvalue weighted by Crippen LogP contribution is 1.98. The van der Waals surface area contributed by atoms with E-state index >= 15 is 0 Å². The molecule has 0 aromatic heterocycles. The third kappa shape index (κ3) is 9.48. The molecule has 0 unspecified atom stereocenters. The van der Waals surface area contributed by atoms with Crippen molar-refractivity contribution < 1.29 is 9.47 Å². The Morgan fingerprint density at radius 1 is 1.27 bits per heavy atom. The molecular formula is C9H16O2. The second-order valence-electron chi connectivity index (χ2n) is 2.33. The van der Waals surface area contributed by atoms with E-state index in [0.717, 1.165) is 32.3 Å². The van der Waals surface area contributed by atoms with Crippen molar-refractivity contribution in [2.75, 3.05) is 20.5 Å². The normalized spacial score (nSPS) is 9.45. The molecule has 0 aliphatic rings. The number of unbranched alkanes of at least 4 members (excludes halogenated alkanes) is 3. The summed E-state index contributed by atoms with van der Waals surface area (Å²) in [6, 6.07) is 0. The average molecular weight is 156 g/mol. The van der Waals surface area contributed by atoms with Crippen LogP contribution in [0.3, 0.4) is 0 Å². The predicted molar refractivity (Wildman–Crippen MR) is 45.1 cm³/mol. The van der Waals surface area contributed by atoms with Crippen molar-refractivity contribution in [1.82, 2.24) is 0 Å². The van der Waals surface area contributed by atoms with Crippen LogP contribution < -0.4 is 0 Å². The van der Waals surface area contributed by atoms with Crippen molar-refractivity contribution >= 4 is 0 Å². The maximum absolute atomic E-state index is 5.09. The Bertz CT molecular complexity index is 105. The first-order valence-corrected chi connectivity index (χ1v) is 3.92. The molecule has 0 N–H and O–H groups in total. The summed E-state index contributed by atoms with van der Waals surface area (Å²) < 4.78 is 9.80. The zero-order valence-electron chi connectivity index (χ0n) is 7.14. The highest BCUT2D eigenvalue weighted by molar-refractivity contribution is 4.82. The molecule has 2 heteroatoms. The summed E-state index contributed by atoms with van der Waals surface area (Å²) >= 11 is 0. The smallest absolute Gasteiger partial charge is 0.146 e. The molecule has 0 radical (unpaired) electrons. The van der Waals surface area contributed by atoms with Crippen molar-refractivity contribution in [1.29, 1.82) is 0 Å². The van der Waals surface area contributed by atoms with Crippen LogP contribution in [0.25, 0.3) is 0 Å². The van der Waals surface area contributed by atoms with Gasteiger partial charge in [0.1, 0.15) is 6.79 Å². The lowest BCUT2D eigenvalue weighted by Crippen LogP contribution is -1.97. The van der Waals surface area contributed by atoms with Gasteiger partial charge in [-0.3, -0.25) is 0 Å². The number of rotatable bonds is 7. The Hall–Kier alpha value is -0.520. The van der Waals surface area contributed by atoms with Crippen molar-refractivity contribution in [2.24, 2.45) is 0 Å². The van der Waals surface area contributed by atoms with Gasteiger partial charge < -0.3 is 9.47 Å². The molecule has 0 aliphatic carbocycles. The summed E-state index contributed by atoms with van der Waals surface area (Å²) in [5, 5.41) is 0. The van der Waals surface area contributed by atoms with Gasteiger partial charge in [0.05, 0.1) is 0 Å². The van der Waals surface area contributed by atoms with Gasteiger partial charge in [-0.2, -0.15) is 0 Å². The lowest BCUT2D eigenvalue weighted by atomic mass is 10.2. The predicted octanol–water partition coefficient (Wildman–Crippen LogP) is 1.80. The zero-order chi connectivity index (χ0) is 8.36. The van der Waals surface area contributed by atoms with Gasteiger partial charge in [-0.05, 0) is 12.8 Å². The van der Waals surface area contributed by atoms with Gasteiger partial charge in [0.25, 0.3) is 0 Å². The van der Waals surface area contributed by atoms with Gasteiger partial charge in [0, 0.05) is 20.1 Å². The van der Waals surface area contributed by atoms with Gasteiger partial charge in [-0.1, -0.05) is 6.42 Å². The second kappa shape index (κ2) is 9.48. The number of ether oxygens (including phenoxy) is 2. The molecule has 2 nitrogen and oxygen atoms in total. The molecular weight excluding hydrogens is 140 g/mol. The monoisotopic (exact) mass is 156 g/mol. The van der Waals surface area contributed by atoms with E-state index in [1.54, 1.807) is 7.11 Å². The van der Waals surface area contributed by atoms with E-state index in [1.807, 2.05) is 0 Å². The van der Waals surface area contributed by atoms with Gasteiger partial charge in [0.2, 0.25) is 0 Å². The van der Waals surface area contributed by atoms with Gasteiger partial charge in [0.15, 0.2) is 0 Å². The summed E-state index contributed by atoms with van der Waals surface area (Å²) in [5.41, 5.74) is 0. The first-order chi connectivity index (χ1) is 5.41. The summed E-state index contributed by atoms with van der Waals surface area (Å²) in [6.45, 7) is 1.17. The Balaban J connectivity index is 2.75. The van der Waals surface area contributed by atoms with Crippen molar-refractivity contribution in [3.05, 3.63) is 0 Å². The first kappa shape index (κ1) is 10.5. The molecule has 0 amide bonds. The number of methoxy groups -OCH3 is 1. The maximum Gasteiger partial charge on any atom is 0.146 e. The SMILES string of the molecule is C#CCCCCCOCOC. The number of hydrogen-bond acceptors (Lipinski definition) is 2. The molecule has 0 aliphatic heterocycles. The molecule has 0 aromatic rings. The minimum absolute atomic E-state index is 0.398. The standard InChI is InChI=1S/C9H16O2/c1-3-4-5-6-7-8-11-9-10-2/h1H,4-9H2,2H3. The van der Waals surface area contributed by atoms with E-state index in [2.05, 4.69) is 5.92 Å². The van der Waals surface area contributed by atoms with E-state index in [9.17, 15) is 0 Å². The fraction of sp³-hybridized carbons (Fsp3) is 0.778. The molecule has 0 spiro atoms. The van der Waals surface area contributed by atoms with Crippen LogP contribution >= 0.6 is 0 Å². The summed E-state index contributed by atoms with van der Waals surface area (Å²) in [4.78, 5) is 0. The first-order valence-electron chi connectivity index (χ1n) is 3.92. The highest BCUT2D eigenvalue weighted by atomic mass is 16.7. The highest BCUT2D eigenvalue weighted by Gasteiger charge is 1.87. The Morgan fingerprint density at radius 3 is 2.73 bits per heavy atom. The summed E-state index contributed by atoms with van der Waals surface area (Å²) in [6.07, 6.45) is 9.29. The van der Waals surface area contributed by atoms with Crippen LogP contribution in [0.1, 0.15) is 25.7 Å². The van der Waals surface area contributed by atoms with Crippen molar-refractivity contribution in [3.63, 3.8) is 0 Å². The molecule has 0 saturated heterocycles. The molecule has 11 heavy (non-hydrogen) atoms. The van der Waals surface area contributed by atoms with Gasteiger partial charge in [-0.25, -0.2) is 0 Å². The molecule has 64 valence electrons. The van der Waals surface area contributed by atoms with Gasteiger partial charge in [-0.15, -0.1) is 12.3 Å². The number of terminal acetylenes is 1. The maximum atomic E-state index is 5.09. The van der Waals surface area contributed by atoms with Crippen molar-refractivity contribution in [2.45, 2.75) is 25.7 Å². The van der Waals surface area contributed by atoms with Crippen molar-refractivity contribution in [3.8, 4) is 12.3 Å². The fourth-order valence-electron chi connectivity index (χ4n) is 0.750. The molecule has 0 aromatic carbocycles. The van der Waals surface area contributed by atoms with E-state index < -0.39 is 0 Å². The third-order valence-corrected chi connectivity index (χ3v) is 1.31. The summed E-state index contributed by atoms with van der Waals surface area (Å²) in [5.74, 6) is 2.60. The van der Waals surface area contributed by atoms with Crippen LogP contribution in [-0.4, -0.2) is 20.5 Å². The fourth-order valence-corrected chi connectivity index (χ4v) is 0.750. The number of hydrogen-bond donors (Lipinski definition) is 0. The topological polar surface area (TPSA) is 18.5 Å². The molecule has 0 rings (SSSR count). The second-order valence-corrected chi connectivity index (χ2v) is 2.33. The van der Waals surface area contributed by atoms with Crippen LogP contribution in [0.15, 0.2) is 0 Å². The van der Waals surface area contributed by atoms with Crippen LogP contribution in [0.2, 0.25) is 0 Å². The molecule has 0 fully saturated rings. The van der Waals surface area contributed by atoms with Crippen LogP contribution in [0.4, 0.5) is 0 Å². The minimum atomic E-state index is 0.398. The molecule has 0 bridgehead atoms. The Labute approximate surface area is 68.9 Å². The largest absolute Gasteiger partial charge is 0.359 e. The van der Waals surface area contributed by atoms with Crippen LogP contribution in [0.5, 0.6) is 0 Å². The van der Waals surface area contributed by atoms with E-state index in [-0.39, 0.29) is 0 Å². The third-order valence-electron chi connectivity index (χ3n) is 1.31. The quantitative estimate of drug-likeness (QED) is 0.318. The van der Waals surface area contributed by atoms with E-state index in [4.69, 9.17) is 15.9 Å². The molecule has 0 heterocycles. The Morgan fingerprint density at radius 2 is 2.09 bits per heavy atom. The van der Waals surface area contributed by atoms with Crippen LogP contribution in [0, 0.1) is 12.3 Å².